The van der Waals surface area contributed by atoms with Gasteiger partial charge in [-0.1, -0.05) is 106 Å². The van der Waals surface area contributed by atoms with Crippen LogP contribution in [0.5, 0.6) is 0 Å². The average molecular weight is 1110 g/mol. The third-order valence-electron chi connectivity index (χ3n) is 14.4. The SMILES string of the molecule is C[C@H]1/C=C/C=C/C=C/C=C/C=C/C=C/C=C/[C@H](O[C@@H]2O[C@H](C)[C@@H](O)[C@H](N)[C@@H]2O)C[C@@H]2O[C@](O)(C[C@@H](O)C[C@@H](O)C[C@@H](O)CC(=O)CCCC(=O)CC(=O)O[C@@H]1[C@@H](C)C[C@H](C)[C@@H](O)CC(=O)c1ccc(N)cc1)C[C@H](O)[C@H]2C(=O)O. The fourth-order valence-corrected chi connectivity index (χ4v) is 10.0. The summed E-state index contributed by atoms with van der Waals surface area (Å²) >= 11 is 0. The van der Waals surface area contributed by atoms with Crippen molar-refractivity contribution in [3.05, 3.63) is 115 Å². The molecule has 0 radical (unpaired) electrons. The minimum atomic E-state index is -2.32. The van der Waals surface area contributed by atoms with Gasteiger partial charge in [0, 0.05) is 62.1 Å². The quantitative estimate of drug-likeness (QED) is 0.0687. The highest BCUT2D eigenvalue weighted by atomic mass is 16.7. The number of aliphatic hydroxyl groups is 8. The van der Waals surface area contributed by atoms with Crippen LogP contribution in [-0.2, 0) is 38.1 Å². The zero-order valence-electron chi connectivity index (χ0n) is 45.5. The summed E-state index contributed by atoms with van der Waals surface area (Å²) in [5, 5.41) is 97.8. The molecule has 0 aliphatic carbocycles. The van der Waals surface area contributed by atoms with Crippen LogP contribution in [0.25, 0.3) is 0 Å². The van der Waals surface area contributed by atoms with Gasteiger partial charge in [0.05, 0.1) is 61.0 Å². The van der Waals surface area contributed by atoms with Gasteiger partial charge in [-0.15, -0.1) is 0 Å². The van der Waals surface area contributed by atoms with E-state index in [1.54, 1.807) is 97.2 Å². The fraction of sp³-hybridized carbons (Fsp3) is 0.576. The molecule has 0 saturated carbocycles. The zero-order valence-corrected chi connectivity index (χ0v) is 45.5. The zero-order chi connectivity index (χ0) is 58.4. The van der Waals surface area contributed by atoms with Crippen molar-refractivity contribution in [1.82, 2.24) is 0 Å². The van der Waals surface area contributed by atoms with E-state index in [9.17, 15) is 69.9 Å². The van der Waals surface area contributed by atoms with E-state index in [4.69, 9.17) is 30.4 Å². The molecule has 2 fully saturated rings. The van der Waals surface area contributed by atoms with Crippen LogP contribution < -0.4 is 11.5 Å². The predicted octanol–water partition coefficient (Wildman–Crippen LogP) is 3.77. The van der Waals surface area contributed by atoms with Gasteiger partial charge in [0.1, 0.15) is 36.1 Å². The van der Waals surface area contributed by atoms with Crippen molar-refractivity contribution in [1.29, 1.82) is 0 Å². The first kappa shape index (κ1) is 66.2. The van der Waals surface area contributed by atoms with E-state index in [1.165, 1.54) is 13.0 Å². The molecular weight excluding hydrogens is 1020 g/mol. The lowest BCUT2D eigenvalue weighted by molar-refractivity contribution is -0.308. The number of carboxylic acid groups (broad SMARTS) is 1. The Kier molecular flexibility index (Phi) is 27.5. The first-order valence-corrected chi connectivity index (χ1v) is 27.1. The Morgan fingerprint density at radius 1 is 0.759 bits per heavy atom. The van der Waals surface area contributed by atoms with E-state index >= 15 is 0 Å². The van der Waals surface area contributed by atoms with Gasteiger partial charge in [0.2, 0.25) is 0 Å². The number of ether oxygens (including phenoxy) is 4. The number of ketones is 3. The van der Waals surface area contributed by atoms with Crippen LogP contribution >= 0.6 is 0 Å². The molecule has 1 aromatic rings. The van der Waals surface area contributed by atoms with Crippen molar-refractivity contribution < 1.29 is 88.9 Å². The largest absolute Gasteiger partial charge is 0.481 e. The number of cyclic esters (lactones) is 1. The normalized spacial score (nSPS) is 36.9. The van der Waals surface area contributed by atoms with Crippen LogP contribution in [0.15, 0.2) is 109 Å². The summed E-state index contributed by atoms with van der Waals surface area (Å²) in [4.78, 5) is 64.6. The van der Waals surface area contributed by atoms with E-state index in [0.29, 0.717) is 17.7 Å². The maximum atomic E-state index is 13.3. The first-order valence-electron chi connectivity index (χ1n) is 27.1. The van der Waals surface area contributed by atoms with Gasteiger partial charge in [-0.25, -0.2) is 0 Å². The molecule has 1 aromatic carbocycles. The van der Waals surface area contributed by atoms with Gasteiger partial charge >= 0.3 is 11.9 Å². The number of fused-ring (bicyclic) bond motifs is 2. The Labute approximate surface area is 462 Å². The molecule has 0 aromatic heterocycles. The van der Waals surface area contributed by atoms with E-state index in [-0.39, 0.29) is 62.1 Å². The summed E-state index contributed by atoms with van der Waals surface area (Å²) in [5.41, 5.74) is 12.7. The van der Waals surface area contributed by atoms with E-state index in [1.807, 2.05) is 26.8 Å². The number of hydrogen-bond acceptors (Lipinski definition) is 19. The summed E-state index contributed by atoms with van der Waals surface area (Å²) < 4.78 is 23.7. The van der Waals surface area contributed by atoms with Crippen molar-refractivity contribution in [3.63, 3.8) is 0 Å². The molecule has 4 rings (SSSR count). The topological polar surface area (TPSA) is 356 Å². The van der Waals surface area contributed by atoms with Crippen LogP contribution in [0.2, 0.25) is 0 Å². The molecule has 2 bridgehead atoms. The number of carbonyl (C=O) groups excluding carboxylic acids is 4. The molecule has 20 nitrogen and oxygen atoms in total. The molecule has 20 heteroatoms. The number of carbonyl (C=O) groups is 5. The molecule has 13 N–H and O–H groups in total. The maximum Gasteiger partial charge on any atom is 0.313 e. The molecule has 0 unspecified atom stereocenters. The smallest absolute Gasteiger partial charge is 0.313 e. The number of aliphatic hydroxyl groups excluding tert-OH is 7. The molecular formula is C59H84N2O18. The maximum absolute atomic E-state index is 13.3. The predicted molar refractivity (Wildman–Crippen MR) is 292 cm³/mol. The van der Waals surface area contributed by atoms with Crippen molar-refractivity contribution in [2.45, 2.75) is 190 Å². The third kappa shape index (κ3) is 22.6. The molecule has 438 valence electrons. The number of benzene rings is 1. The van der Waals surface area contributed by atoms with Crippen molar-refractivity contribution in [2.75, 3.05) is 5.73 Å². The number of aliphatic carboxylic acids is 1. The highest BCUT2D eigenvalue weighted by Gasteiger charge is 2.51. The summed E-state index contributed by atoms with van der Waals surface area (Å²) in [6.07, 6.45) is 5.73. The van der Waals surface area contributed by atoms with E-state index < -0.39 is 147 Å². The van der Waals surface area contributed by atoms with Crippen molar-refractivity contribution in [2.24, 2.45) is 29.4 Å². The molecule has 18 atom stereocenters. The molecule has 3 heterocycles. The van der Waals surface area contributed by atoms with Crippen LogP contribution in [0.1, 0.15) is 115 Å². The molecule has 0 amide bonds. The van der Waals surface area contributed by atoms with Crippen molar-refractivity contribution >= 4 is 35.0 Å². The van der Waals surface area contributed by atoms with Crippen molar-refractivity contribution in [3.8, 4) is 0 Å². The summed E-state index contributed by atoms with van der Waals surface area (Å²) in [6.45, 7) is 7.07. The second-order valence-electron chi connectivity index (χ2n) is 21.4. The summed E-state index contributed by atoms with van der Waals surface area (Å²) in [7, 11) is 0. The highest BCUT2D eigenvalue weighted by molar-refractivity contribution is 5.97. The number of allylic oxidation sites excluding steroid dienone is 12. The summed E-state index contributed by atoms with van der Waals surface area (Å²) in [5.74, 6) is -8.34. The van der Waals surface area contributed by atoms with E-state index in [0.717, 1.165) is 0 Å². The number of nitrogens with two attached hydrogens (primary N) is 2. The minimum absolute atomic E-state index is 0.0673. The molecule has 3 aliphatic heterocycles. The van der Waals surface area contributed by atoms with Gasteiger partial charge < -0.3 is 76.4 Å². The standard InChI is InChI=1S/C59H84N2O18/c1-35-18-15-13-11-9-7-5-6-8-10-12-14-16-21-46(77-58-55(72)53(61)54(71)38(4)76-58)31-50-52(57(73)74)49(69)34-59(75,79-50)33-45(66)29-44(65)28-43(64)27-41(62)19-17-20-42(63)30-51(70)78-56(35)37(3)26-36(2)47(67)32-48(68)39-22-24-40(60)25-23-39/h5-16,18,21-25,35-38,43-47,49-50,52-56,58,64-67,69,71-72,75H,17,19-20,26-34,60-61H2,1-4H3,(H,73,74)/b6-5+,9-7+,10-8+,13-11+,14-12+,18-15+,21-16+/t35-,36-,37-,38+,43-,44-,45-,46-,47-,49-,50-,52+,53-,54+,55-,56-,58-,59+/m0/s1. The van der Waals surface area contributed by atoms with Crippen LogP contribution in [0.4, 0.5) is 5.69 Å². The number of carboxylic acids is 1. The Morgan fingerprint density at radius 2 is 1.33 bits per heavy atom. The monoisotopic (exact) mass is 1110 g/mol. The first-order chi connectivity index (χ1) is 37.4. The van der Waals surface area contributed by atoms with Crippen LogP contribution in [-0.4, -0.2) is 161 Å². The number of nitrogen functional groups attached to an aromatic ring is 1. The second kappa shape index (κ2) is 32.8. The lowest BCUT2D eigenvalue weighted by atomic mass is 9.82. The Bertz CT molecular complexity index is 2330. The molecule has 79 heavy (non-hydrogen) atoms. The number of esters is 1. The molecule has 0 spiro atoms. The Balaban J connectivity index is 1.54. The van der Waals surface area contributed by atoms with Crippen LogP contribution in [0.3, 0.4) is 0 Å². The number of anilines is 1. The second-order valence-corrected chi connectivity index (χ2v) is 21.4. The van der Waals surface area contributed by atoms with E-state index in [2.05, 4.69) is 0 Å². The number of rotatable bonds is 10. The van der Waals surface area contributed by atoms with Crippen LogP contribution in [0, 0.1) is 23.7 Å². The fourth-order valence-electron chi connectivity index (χ4n) is 10.0. The minimum Gasteiger partial charge on any atom is -0.481 e. The Hall–Kier alpha value is -5.33. The van der Waals surface area contributed by atoms with Gasteiger partial charge in [-0.3, -0.25) is 24.0 Å². The lowest BCUT2D eigenvalue weighted by Gasteiger charge is -2.45. The Morgan fingerprint density at radius 3 is 1.94 bits per heavy atom. The number of hydrogen-bond donors (Lipinski definition) is 11. The third-order valence-corrected chi connectivity index (χ3v) is 14.4. The molecule has 3 aliphatic rings. The van der Waals surface area contributed by atoms with Gasteiger partial charge in [0.15, 0.2) is 17.9 Å². The number of Topliss-reactive ketones (excluding diaryl/α,β-unsaturated/α-hetero) is 3. The van der Waals surface area contributed by atoms with Gasteiger partial charge in [-0.05, 0) is 68.7 Å². The summed E-state index contributed by atoms with van der Waals surface area (Å²) in [6, 6.07) is 5.27. The highest BCUT2D eigenvalue weighted by Crippen LogP contribution is 2.38. The molecule has 2 saturated heterocycles. The van der Waals surface area contributed by atoms with Gasteiger partial charge in [0.25, 0.3) is 0 Å². The van der Waals surface area contributed by atoms with Gasteiger partial charge in [-0.2, -0.15) is 0 Å². The lowest BCUT2D eigenvalue weighted by Crippen LogP contribution is -2.61. The average Bonchev–Trinajstić information content (AvgIpc) is 3.40.